The summed E-state index contributed by atoms with van der Waals surface area (Å²) in [6, 6.07) is 11.3. The number of hydrogen-bond acceptors (Lipinski definition) is 3. The Morgan fingerprint density at radius 2 is 2.14 bits per heavy atom. The van der Waals surface area contributed by atoms with Crippen LogP contribution in [0.2, 0.25) is 0 Å². The fraction of sp³-hybridized carbons (Fsp3) is 0.500. The van der Waals surface area contributed by atoms with Crippen LogP contribution in [0.3, 0.4) is 0 Å². The molecule has 0 bridgehead atoms. The smallest absolute Gasteiger partial charge is 0.132 e. The van der Waals surface area contributed by atoms with Gasteiger partial charge in [0.25, 0.3) is 0 Å². The third kappa shape index (κ3) is 2.75. The van der Waals surface area contributed by atoms with Crippen molar-refractivity contribution in [1.82, 2.24) is 4.98 Å². The summed E-state index contributed by atoms with van der Waals surface area (Å²) in [7, 11) is 0. The van der Waals surface area contributed by atoms with Gasteiger partial charge in [0, 0.05) is 18.0 Å². The van der Waals surface area contributed by atoms with Crippen molar-refractivity contribution < 1.29 is 0 Å². The number of hydrogen-bond donors (Lipinski definition) is 1. The molecule has 1 atom stereocenters. The minimum Gasteiger partial charge on any atom is -0.353 e. The van der Waals surface area contributed by atoms with E-state index >= 15 is 0 Å². The van der Waals surface area contributed by atoms with Crippen molar-refractivity contribution in [3.8, 4) is 0 Å². The van der Waals surface area contributed by atoms with Crippen LogP contribution < -0.4 is 10.6 Å². The number of fused-ring (bicyclic) bond motifs is 1. The quantitative estimate of drug-likeness (QED) is 0.935. The first kappa shape index (κ1) is 14.3. The highest BCUT2D eigenvalue weighted by Crippen LogP contribution is 2.32. The number of aromatic nitrogens is 1. The van der Waals surface area contributed by atoms with Gasteiger partial charge in [0.15, 0.2) is 0 Å². The van der Waals surface area contributed by atoms with Crippen molar-refractivity contribution in [3.05, 3.63) is 35.9 Å². The third-order valence-electron chi connectivity index (χ3n) is 4.53. The van der Waals surface area contributed by atoms with Crippen LogP contribution in [0.1, 0.15) is 32.3 Å². The first-order chi connectivity index (χ1) is 10.2. The molecule has 2 N–H and O–H groups in total. The van der Waals surface area contributed by atoms with Crippen molar-refractivity contribution in [2.75, 3.05) is 18.0 Å². The molecule has 21 heavy (non-hydrogen) atoms. The maximum atomic E-state index is 5.82. The lowest BCUT2D eigenvalue weighted by atomic mass is 10.0. The lowest BCUT2D eigenvalue weighted by Crippen LogP contribution is -2.34. The number of benzene rings is 1. The first-order valence-corrected chi connectivity index (χ1v) is 8.06. The molecule has 1 aliphatic heterocycles. The third-order valence-corrected chi connectivity index (χ3v) is 4.53. The molecule has 1 fully saturated rings. The summed E-state index contributed by atoms with van der Waals surface area (Å²) < 4.78 is 0. The Labute approximate surface area is 127 Å². The van der Waals surface area contributed by atoms with Gasteiger partial charge in [0.1, 0.15) is 5.82 Å². The van der Waals surface area contributed by atoms with Crippen molar-refractivity contribution >= 4 is 16.7 Å². The largest absolute Gasteiger partial charge is 0.353 e. The van der Waals surface area contributed by atoms with Crippen LogP contribution in [0.5, 0.6) is 0 Å². The van der Waals surface area contributed by atoms with Gasteiger partial charge in [-0.05, 0) is 49.4 Å². The minimum absolute atomic E-state index is 0.607. The molecule has 0 radical (unpaired) electrons. The first-order valence-electron chi connectivity index (χ1n) is 8.06. The van der Waals surface area contributed by atoms with Gasteiger partial charge in [-0.2, -0.15) is 0 Å². The van der Waals surface area contributed by atoms with Crippen molar-refractivity contribution in [2.24, 2.45) is 11.7 Å². The van der Waals surface area contributed by atoms with Crippen LogP contribution in [0.25, 0.3) is 10.9 Å². The van der Waals surface area contributed by atoms with E-state index in [9.17, 15) is 0 Å². The maximum absolute atomic E-state index is 5.82. The average molecular weight is 283 g/mol. The molecule has 1 aliphatic rings. The van der Waals surface area contributed by atoms with Gasteiger partial charge >= 0.3 is 0 Å². The summed E-state index contributed by atoms with van der Waals surface area (Å²) in [6.45, 7) is 6.41. The van der Waals surface area contributed by atoms with Gasteiger partial charge in [-0.1, -0.05) is 32.0 Å². The number of para-hydroxylation sites is 1. The number of anilines is 1. The molecule has 2 aromatic rings. The van der Waals surface area contributed by atoms with E-state index in [0.717, 1.165) is 24.3 Å². The molecule has 1 aromatic carbocycles. The molecular weight excluding hydrogens is 258 g/mol. The van der Waals surface area contributed by atoms with Gasteiger partial charge in [-0.3, -0.25) is 0 Å². The predicted molar refractivity (Wildman–Crippen MR) is 89.7 cm³/mol. The van der Waals surface area contributed by atoms with Crippen LogP contribution in [0.4, 0.5) is 5.82 Å². The molecule has 3 rings (SSSR count). The number of nitrogens with two attached hydrogens (primary N) is 1. The lowest BCUT2D eigenvalue weighted by molar-refractivity contribution is 0.489. The normalized spacial score (nSPS) is 18.9. The summed E-state index contributed by atoms with van der Waals surface area (Å²) in [5.74, 6) is 1.82. The van der Waals surface area contributed by atoms with E-state index in [-0.39, 0.29) is 0 Å². The predicted octanol–water partition coefficient (Wildman–Crippen LogP) is 3.36. The fourth-order valence-electron chi connectivity index (χ4n) is 3.49. The van der Waals surface area contributed by atoms with Crippen LogP contribution in [-0.2, 0) is 6.42 Å². The van der Waals surface area contributed by atoms with Crippen LogP contribution >= 0.6 is 0 Å². The fourth-order valence-corrected chi connectivity index (χ4v) is 3.49. The summed E-state index contributed by atoms with van der Waals surface area (Å²) in [5, 5.41) is 1.21. The molecule has 112 valence electrons. The Kier molecular flexibility index (Phi) is 4.11. The Morgan fingerprint density at radius 1 is 1.33 bits per heavy atom. The monoisotopic (exact) mass is 283 g/mol. The molecule has 0 spiro atoms. The summed E-state index contributed by atoms with van der Waals surface area (Å²) >= 11 is 0. The van der Waals surface area contributed by atoms with Gasteiger partial charge in [-0.25, -0.2) is 4.98 Å². The van der Waals surface area contributed by atoms with E-state index < -0.39 is 0 Å². The molecule has 1 saturated heterocycles. The molecule has 2 heterocycles. The minimum atomic E-state index is 0.607. The zero-order chi connectivity index (χ0) is 14.8. The maximum Gasteiger partial charge on any atom is 0.132 e. The van der Waals surface area contributed by atoms with Gasteiger partial charge in [0.2, 0.25) is 0 Å². The Hall–Kier alpha value is -1.61. The van der Waals surface area contributed by atoms with Crippen LogP contribution in [-0.4, -0.2) is 24.1 Å². The molecule has 0 saturated carbocycles. The second-order valence-corrected chi connectivity index (χ2v) is 6.35. The Balaban J connectivity index is 2.08. The molecule has 0 aliphatic carbocycles. The SMILES string of the molecule is CC(C)C1CCCN1c1nc2ccccc2cc1CCN. The molecule has 1 aromatic heterocycles. The van der Waals surface area contributed by atoms with E-state index in [0.29, 0.717) is 18.5 Å². The van der Waals surface area contributed by atoms with Crippen molar-refractivity contribution in [1.29, 1.82) is 0 Å². The Morgan fingerprint density at radius 3 is 2.90 bits per heavy atom. The summed E-state index contributed by atoms with van der Waals surface area (Å²) in [4.78, 5) is 7.49. The average Bonchev–Trinajstić information content (AvgIpc) is 2.96. The zero-order valence-corrected chi connectivity index (χ0v) is 13.0. The highest BCUT2D eigenvalue weighted by Gasteiger charge is 2.29. The standard InChI is InChI=1S/C18H25N3/c1-13(2)17-8-5-11-21(17)18-15(9-10-19)12-14-6-3-4-7-16(14)20-18/h3-4,6-7,12-13,17H,5,8-11,19H2,1-2H3. The number of rotatable bonds is 4. The molecule has 3 heteroatoms. The summed E-state index contributed by atoms with van der Waals surface area (Å²) in [5.41, 5.74) is 8.20. The number of pyridine rings is 1. The zero-order valence-electron chi connectivity index (χ0n) is 13.0. The second kappa shape index (κ2) is 6.02. The van der Waals surface area contributed by atoms with Crippen LogP contribution in [0, 0.1) is 5.92 Å². The highest BCUT2D eigenvalue weighted by molar-refractivity contribution is 5.82. The van der Waals surface area contributed by atoms with E-state index in [1.54, 1.807) is 0 Å². The molecule has 0 amide bonds. The summed E-state index contributed by atoms with van der Waals surface area (Å²) in [6.07, 6.45) is 3.43. The lowest BCUT2D eigenvalue weighted by Gasteiger charge is -2.30. The highest BCUT2D eigenvalue weighted by atomic mass is 15.2. The van der Waals surface area contributed by atoms with Gasteiger partial charge in [-0.15, -0.1) is 0 Å². The van der Waals surface area contributed by atoms with E-state index in [1.165, 1.54) is 23.8 Å². The Bertz CT molecular complexity index is 621. The molecule has 1 unspecified atom stereocenters. The van der Waals surface area contributed by atoms with Gasteiger partial charge in [0.05, 0.1) is 5.52 Å². The van der Waals surface area contributed by atoms with Crippen molar-refractivity contribution in [2.45, 2.75) is 39.2 Å². The van der Waals surface area contributed by atoms with E-state index in [1.807, 2.05) is 0 Å². The van der Waals surface area contributed by atoms with Gasteiger partial charge < -0.3 is 10.6 Å². The van der Waals surface area contributed by atoms with E-state index in [4.69, 9.17) is 10.7 Å². The van der Waals surface area contributed by atoms with E-state index in [2.05, 4.69) is 49.1 Å². The van der Waals surface area contributed by atoms with Crippen molar-refractivity contribution in [3.63, 3.8) is 0 Å². The molecule has 3 nitrogen and oxygen atoms in total. The van der Waals surface area contributed by atoms with Crippen LogP contribution in [0.15, 0.2) is 30.3 Å². The molecular formula is C18H25N3. The topological polar surface area (TPSA) is 42.2 Å². The second-order valence-electron chi connectivity index (χ2n) is 6.35. The number of nitrogens with zero attached hydrogens (tertiary/aromatic N) is 2.